The van der Waals surface area contributed by atoms with E-state index in [0.717, 1.165) is 6.54 Å². The van der Waals surface area contributed by atoms with Crippen LogP contribution in [0.2, 0.25) is 0 Å². The minimum Gasteiger partial charge on any atom is -0.478 e. The molecule has 0 unspecified atom stereocenters. The van der Waals surface area contributed by atoms with Crippen LogP contribution in [0.3, 0.4) is 0 Å². The predicted molar refractivity (Wildman–Crippen MR) is 59.7 cm³/mol. The van der Waals surface area contributed by atoms with Crippen molar-refractivity contribution in [2.45, 2.75) is 24.8 Å². The van der Waals surface area contributed by atoms with Crippen LogP contribution in [0.25, 0.3) is 0 Å². The molecule has 0 aliphatic heterocycles. The first-order valence-corrected chi connectivity index (χ1v) is 5.25. The summed E-state index contributed by atoms with van der Waals surface area (Å²) in [5, 5.41) is 8.52. The van der Waals surface area contributed by atoms with E-state index in [1.54, 1.807) is 6.20 Å². The molecule has 0 aromatic carbocycles. The Kier molecular flexibility index (Phi) is 3.74. The molecule has 1 fully saturated rings. The van der Waals surface area contributed by atoms with Crippen LogP contribution in [0.15, 0.2) is 12.3 Å². The highest BCUT2D eigenvalue weighted by Gasteiger charge is 2.39. The van der Waals surface area contributed by atoms with Crippen LogP contribution < -0.4 is 0 Å². The molecular weight excluding hydrogens is 192 g/mol. The molecule has 86 valence electrons. The molecule has 4 nitrogen and oxygen atoms in total. The summed E-state index contributed by atoms with van der Waals surface area (Å²) in [6, 6.07) is 0. The molecule has 1 N–H and O–H groups in total. The van der Waals surface area contributed by atoms with Gasteiger partial charge in [-0.25, -0.2) is 4.79 Å². The summed E-state index contributed by atoms with van der Waals surface area (Å²) >= 11 is 0. The third kappa shape index (κ3) is 2.96. The van der Waals surface area contributed by atoms with Crippen LogP contribution in [0, 0.1) is 0 Å². The zero-order valence-electron chi connectivity index (χ0n) is 9.73. The van der Waals surface area contributed by atoms with Crippen molar-refractivity contribution < 1.29 is 9.90 Å². The van der Waals surface area contributed by atoms with E-state index in [-0.39, 0.29) is 5.54 Å². The van der Waals surface area contributed by atoms with E-state index in [1.165, 1.54) is 25.3 Å². The van der Waals surface area contributed by atoms with Crippen LogP contribution in [-0.2, 0) is 4.79 Å². The molecular formula is C11H20N2O2. The van der Waals surface area contributed by atoms with Gasteiger partial charge in [0.2, 0.25) is 0 Å². The largest absolute Gasteiger partial charge is 0.478 e. The molecule has 0 bridgehead atoms. The molecule has 4 heteroatoms. The fraction of sp³-hybridized carbons (Fsp3) is 0.727. The Bertz CT molecular complexity index is 257. The number of hydrogen-bond acceptors (Lipinski definition) is 3. The molecule has 15 heavy (non-hydrogen) atoms. The normalized spacial score (nSPS) is 19.2. The fourth-order valence-electron chi connectivity index (χ4n) is 2.04. The van der Waals surface area contributed by atoms with Gasteiger partial charge in [0.05, 0.1) is 0 Å². The Morgan fingerprint density at radius 1 is 1.40 bits per heavy atom. The van der Waals surface area contributed by atoms with Gasteiger partial charge in [0, 0.05) is 31.4 Å². The van der Waals surface area contributed by atoms with Crippen molar-refractivity contribution in [3.63, 3.8) is 0 Å². The number of rotatable bonds is 5. The van der Waals surface area contributed by atoms with Gasteiger partial charge in [-0.15, -0.1) is 0 Å². The quantitative estimate of drug-likeness (QED) is 0.690. The van der Waals surface area contributed by atoms with Crippen LogP contribution in [0.4, 0.5) is 0 Å². The number of carbonyl (C=O) groups is 1. The van der Waals surface area contributed by atoms with Gasteiger partial charge in [0.15, 0.2) is 0 Å². The minimum absolute atomic E-state index is 0.248. The third-order valence-corrected chi connectivity index (χ3v) is 3.25. The monoisotopic (exact) mass is 212 g/mol. The minimum atomic E-state index is -0.894. The lowest BCUT2D eigenvalue weighted by atomic mass is 9.75. The van der Waals surface area contributed by atoms with Crippen LogP contribution in [0.5, 0.6) is 0 Å². The predicted octanol–water partition coefficient (Wildman–Crippen LogP) is 1.00. The smallest absolute Gasteiger partial charge is 0.329 e. The molecule has 1 aliphatic carbocycles. The van der Waals surface area contributed by atoms with Gasteiger partial charge in [0.25, 0.3) is 0 Å². The number of aliphatic carboxylic acids is 1. The number of likely N-dealkylation sites (N-methyl/N-ethyl adjacent to an activating group) is 2. The maximum absolute atomic E-state index is 10.4. The van der Waals surface area contributed by atoms with E-state index in [2.05, 4.69) is 19.0 Å². The fourth-order valence-corrected chi connectivity index (χ4v) is 2.04. The zero-order valence-corrected chi connectivity index (χ0v) is 9.73. The molecule has 0 spiro atoms. The Morgan fingerprint density at radius 3 is 2.33 bits per heavy atom. The Morgan fingerprint density at radius 2 is 2.00 bits per heavy atom. The Balaban J connectivity index is 2.49. The summed E-state index contributed by atoms with van der Waals surface area (Å²) in [6.07, 6.45) is 6.49. The summed E-state index contributed by atoms with van der Waals surface area (Å²) < 4.78 is 0. The highest BCUT2D eigenvalue weighted by Crippen LogP contribution is 2.36. The molecule has 0 heterocycles. The average Bonchev–Trinajstić information content (AvgIpc) is 2.07. The maximum Gasteiger partial charge on any atom is 0.329 e. The summed E-state index contributed by atoms with van der Waals surface area (Å²) in [4.78, 5) is 14.6. The van der Waals surface area contributed by atoms with Crippen LogP contribution in [-0.4, -0.2) is 54.1 Å². The van der Waals surface area contributed by atoms with E-state index in [4.69, 9.17) is 5.11 Å². The van der Waals surface area contributed by atoms with Crippen molar-refractivity contribution in [3.05, 3.63) is 12.3 Å². The Labute approximate surface area is 91.2 Å². The maximum atomic E-state index is 10.4. The zero-order chi connectivity index (χ0) is 11.5. The molecule has 0 amide bonds. The van der Waals surface area contributed by atoms with E-state index in [9.17, 15) is 4.79 Å². The number of hydrogen-bond donors (Lipinski definition) is 1. The molecule has 0 atom stereocenters. The average molecular weight is 212 g/mol. The highest BCUT2D eigenvalue weighted by molar-refractivity contribution is 5.79. The van der Waals surface area contributed by atoms with E-state index in [1.807, 2.05) is 11.9 Å². The first-order valence-electron chi connectivity index (χ1n) is 5.25. The van der Waals surface area contributed by atoms with Gasteiger partial charge in [0.1, 0.15) is 0 Å². The van der Waals surface area contributed by atoms with E-state index >= 15 is 0 Å². The molecule has 1 rings (SSSR count). The van der Waals surface area contributed by atoms with Crippen molar-refractivity contribution >= 4 is 5.97 Å². The number of nitrogens with zero attached hydrogens (tertiary/aromatic N) is 2. The summed E-state index contributed by atoms with van der Waals surface area (Å²) in [5.74, 6) is -0.894. The standard InChI is InChI=1S/C11H20N2O2/c1-12(2)11(6-4-7-11)9-13(3)8-5-10(14)15/h5,8H,4,6-7,9H2,1-3H3,(H,14,15)/b8-5+. The number of carboxylic acid groups (broad SMARTS) is 1. The van der Waals surface area contributed by atoms with Crippen molar-refractivity contribution in [2.24, 2.45) is 0 Å². The van der Waals surface area contributed by atoms with Gasteiger partial charge in [-0.2, -0.15) is 0 Å². The van der Waals surface area contributed by atoms with Crippen LogP contribution >= 0.6 is 0 Å². The third-order valence-electron chi connectivity index (χ3n) is 3.25. The Hall–Kier alpha value is -1.03. The first-order chi connectivity index (χ1) is 6.96. The van der Waals surface area contributed by atoms with Gasteiger partial charge in [-0.3, -0.25) is 0 Å². The SMILES string of the molecule is CN(/C=C/C(=O)O)CC1(N(C)C)CCC1. The number of carboxylic acids is 1. The van der Waals surface area contributed by atoms with Crippen molar-refractivity contribution in [1.82, 2.24) is 9.80 Å². The molecule has 1 saturated carbocycles. The van der Waals surface area contributed by atoms with E-state index in [0.29, 0.717) is 0 Å². The summed E-state index contributed by atoms with van der Waals surface area (Å²) in [7, 11) is 6.10. The van der Waals surface area contributed by atoms with Gasteiger partial charge in [-0.1, -0.05) is 0 Å². The molecule has 0 aromatic rings. The topological polar surface area (TPSA) is 43.8 Å². The second-order valence-electron chi connectivity index (χ2n) is 4.54. The molecule has 1 aliphatic rings. The highest BCUT2D eigenvalue weighted by atomic mass is 16.4. The van der Waals surface area contributed by atoms with Gasteiger partial charge in [-0.05, 0) is 33.4 Å². The molecule has 0 saturated heterocycles. The molecule has 0 aromatic heterocycles. The van der Waals surface area contributed by atoms with Crippen molar-refractivity contribution in [1.29, 1.82) is 0 Å². The summed E-state index contributed by atoms with van der Waals surface area (Å²) in [5.41, 5.74) is 0.248. The lowest BCUT2D eigenvalue weighted by Crippen LogP contribution is -2.55. The lowest BCUT2D eigenvalue weighted by molar-refractivity contribution is -0.131. The van der Waals surface area contributed by atoms with Gasteiger partial charge < -0.3 is 14.9 Å². The van der Waals surface area contributed by atoms with Crippen molar-refractivity contribution in [3.8, 4) is 0 Å². The second-order valence-corrected chi connectivity index (χ2v) is 4.54. The lowest BCUT2D eigenvalue weighted by Gasteiger charge is -2.49. The second kappa shape index (κ2) is 4.66. The first kappa shape index (κ1) is 12.0. The van der Waals surface area contributed by atoms with E-state index < -0.39 is 5.97 Å². The van der Waals surface area contributed by atoms with Gasteiger partial charge >= 0.3 is 5.97 Å². The van der Waals surface area contributed by atoms with Crippen LogP contribution in [0.1, 0.15) is 19.3 Å². The summed E-state index contributed by atoms with van der Waals surface area (Å²) in [6.45, 7) is 0.893. The van der Waals surface area contributed by atoms with Crippen molar-refractivity contribution in [2.75, 3.05) is 27.7 Å². The molecule has 0 radical (unpaired) electrons.